The molecule has 104 valence electrons. The van der Waals surface area contributed by atoms with Gasteiger partial charge in [0.25, 0.3) is 10.2 Å². The molecule has 2 fully saturated rings. The van der Waals surface area contributed by atoms with Crippen LogP contribution in [0.15, 0.2) is 0 Å². The Balaban J connectivity index is 2.19. The minimum absolute atomic E-state index is 0.259. The van der Waals surface area contributed by atoms with Gasteiger partial charge >= 0.3 is 0 Å². The van der Waals surface area contributed by atoms with Gasteiger partial charge in [-0.1, -0.05) is 0 Å². The molecule has 1 amide bonds. The Labute approximate surface area is 108 Å². The fourth-order valence-electron chi connectivity index (χ4n) is 2.42. The number of hydrogen-bond acceptors (Lipinski definition) is 4. The SMILES string of the molecule is CNC(=O)C1CNCCN1S(=O)(=O)N1CCCC1. The summed E-state index contributed by atoms with van der Waals surface area (Å²) in [6.45, 7) is 2.42. The number of carbonyl (C=O) groups excluding carboxylic acids is 1. The van der Waals surface area contributed by atoms with Crippen molar-refractivity contribution >= 4 is 16.1 Å². The normalized spacial score (nSPS) is 27.3. The first-order valence-electron chi connectivity index (χ1n) is 6.26. The summed E-state index contributed by atoms with van der Waals surface area (Å²) < 4.78 is 27.7. The van der Waals surface area contributed by atoms with E-state index in [1.165, 1.54) is 15.7 Å². The average molecular weight is 276 g/mol. The lowest BCUT2D eigenvalue weighted by molar-refractivity contribution is -0.124. The smallest absolute Gasteiger partial charge is 0.282 e. The average Bonchev–Trinajstić information content (AvgIpc) is 2.92. The van der Waals surface area contributed by atoms with Gasteiger partial charge in [-0.15, -0.1) is 0 Å². The lowest BCUT2D eigenvalue weighted by Crippen LogP contribution is -2.61. The van der Waals surface area contributed by atoms with Crippen molar-refractivity contribution in [2.45, 2.75) is 18.9 Å². The van der Waals surface area contributed by atoms with Gasteiger partial charge in [0, 0.05) is 39.8 Å². The second-order valence-corrected chi connectivity index (χ2v) is 6.44. The highest BCUT2D eigenvalue weighted by molar-refractivity contribution is 7.86. The summed E-state index contributed by atoms with van der Waals surface area (Å²) in [4.78, 5) is 11.8. The van der Waals surface area contributed by atoms with Gasteiger partial charge in [0.05, 0.1) is 0 Å². The third kappa shape index (κ3) is 2.51. The van der Waals surface area contributed by atoms with Crippen LogP contribution in [0.25, 0.3) is 0 Å². The Kier molecular flexibility index (Phi) is 4.21. The van der Waals surface area contributed by atoms with E-state index in [4.69, 9.17) is 0 Å². The molecule has 2 N–H and O–H groups in total. The van der Waals surface area contributed by atoms with Crippen LogP contribution in [0.3, 0.4) is 0 Å². The molecule has 0 spiro atoms. The highest BCUT2D eigenvalue weighted by Gasteiger charge is 2.40. The maximum atomic E-state index is 12.5. The Morgan fingerprint density at radius 2 is 1.94 bits per heavy atom. The van der Waals surface area contributed by atoms with Crippen molar-refractivity contribution < 1.29 is 13.2 Å². The minimum atomic E-state index is -3.50. The monoisotopic (exact) mass is 276 g/mol. The maximum Gasteiger partial charge on any atom is 0.282 e. The number of nitrogens with one attached hydrogen (secondary N) is 2. The number of likely N-dealkylation sites (N-methyl/N-ethyl adjacent to an activating group) is 1. The van der Waals surface area contributed by atoms with E-state index in [2.05, 4.69) is 10.6 Å². The molecule has 1 atom stereocenters. The lowest BCUT2D eigenvalue weighted by Gasteiger charge is -2.36. The van der Waals surface area contributed by atoms with Gasteiger partial charge in [-0.2, -0.15) is 17.0 Å². The second-order valence-electron chi connectivity index (χ2n) is 4.56. The molecule has 0 aromatic heterocycles. The first kappa shape index (κ1) is 13.7. The predicted octanol–water partition coefficient (Wildman–Crippen LogP) is -1.65. The van der Waals surface area contributed by atoms with Crippen LogP contribution in [0.2, 0.25) is 0 Å². The third-order valence-corrected chi connectivity index (χ3v) is 5.48. The molecule has 0 bridgehead atoms. The van der Waals surface area contributed by atoms with E-state index in [1.54, 1.807) is 0 Å². The van der Waals surface area contributed by atoms with Crippen LogP contribution in [0.1, 0.15) is 12.8 Å². The number of rotatable bonds is 3. The Bertz CT molecular complexity index is 405. The molecule has 0 aromatic rings. The highest BCUT2D eigenvalue weighted by atomic mass is 32.2. The van der Waals surface area contributed by atoms with E-state index in [9.17, 15) is 13.2 Å². The molecule has 1 unspecified atom stereocenters. The van der Waals surface area contributed by atoms with Crippen molar-refractivity contribution in [3.63, 3.8) is 0 Å². The largest absolute Gasteiger partial charge is 0.358 e. The molecule has 0 saturated carbocycles. The molecule has 0 aliphatic carbocycles. The van der Waals surface area contributed by atoms with Crippen molar-refractivity contribution in [2.75, 3.05) is 39.8 Å². The zero-order valence-corrected chi connectivity index (χ0v) is 11.4. The van der Waals surface area contributed by atoms with Gasteiger partial charge < -0.3 is 10.6 Å². The molecular formula is C10H20N4O3S. The van der Waals surface area contributed by atoms with Crippen molar-refractivity contribution in [3.05, 3.63) is 0 Å². The summed E-state index contributed by atoms with van der Waals surface area (Å²) in [5.41, 5.74) is 0. The summed E-state index contributed by atoms with van der Waals surface area (Å²) in [5.74, 6) is -0.259. The molecular weight excluding hydrogens is 256 g/mol. The van der Waals surface area contributed by atoms with Crippen LogP contribution < -0.4 is 10.6 Å². The van der Waals surface area contributed by atoms with Crippen LogP contribution in [-0.4, -0.2) is 68.7 Å². The molecule has 2 aliphatic heterocycles. The maximum absolute atomic E-state index is 12.5. The second kappa shape index (κ2) is 5.52. The molecule has 2 saturated heterocycles. The molecule has 18 heavy (non-hydrogen) atoms. The number of hydrogen-bond donors (Lipinski definition) is 2. The van der Waals surface area contributed by atoms with Gasteiger partial charge in [0.1, 0.15) is 6.04 Å². The van der Waals surface area contributed by atoms with E-state index in [0.29, 0.717) is 32.7 Å². The third-order valence-electron chi connectivity index (χ3n) is 3.43. The quantitative estimate of drug-likeness (QED) is 0.647. The van der Waals surface area contributed by atoms with Gasteiger partial charge in [-0.25, -0.2) is 0 Å². The first-order valence-corrected chi connectivity index (χ1v) is 7.66. The molecule has 8 heteroatoms. The van der Waals surface area contributed by atoms with Crippen molar-refractivity contribution in [1.29, 1.82) is 0 Å². The summed E-state index contributed by atoms with van der Waals surface area (Å²) >= 11 is 0. The molecule has 0 aromatic carbocycles. The van der Waals surface area contributed by atoms with E-state index in [0.717, 1.165) is 12.8 Å². The molecule has 2 heterocycles. The first-order chi connectivity index (χ1) is 8.57. The molecule has 7 nitrogen and oxygen atoms in total. The summed E-state index contributed by atoms with van der Waals surface area (Å²) in [7, 11) is -1.97. The Morgan fingerprint density at radius 3 is 2.56 bits per heavy atom. The van der Waals surface area contributed by atoms with E-state index < -0.39 is 16.3 Å². The van der Waals surface area contributed by atoms with Crippen LogP contribution in [0.5, 0.6) is 0 Å². The highest BCUT2D eigenvalue weighted by Crippen LogP contribution is 2.19. The summed E-state index contributed by atoms with van der Waals surface area (Å²) in [6.07, 6.45) is 1.80. The van der Waals surface area contributed by atoms with Crippen molar-refractivity contribution in [3.8, 4) is 0 Å². The van der Waals surface area contributed by atoms with Crippen LogP contribution in [0.4, 0.5) is 0 Å². The fourth-order valence-corrected chi connectivity index (χ4v) is 4.25. The molecule has 2 aliphatic rings. The molecule has 0 radical (unpaired) electrons. The van der Waals surface area contributed by atoms with Gasteiger partial charge in [-0.05, 0) is 12.8 Å². The topological polar surface area (TPSA) is 81.8 Å². The van der Waals surface area contributed by atoms with Crippen LogP contribution in [-0.2, 0) is 15.0 Å². The molecule has 2 rings (SSSR count). The number of carbonyl (C=O) groups is 1. The summed E-state index contributed by atoms with van der Waals surface area (Å²) in [6, 6.07) is -0.644. The van der Waals surface area contributed by atoms with Crippen molar-refractivity contribution in [1.82, 2.24) is 19.2 Å². The zero-order chi connectivity index (χ0) is 13.2. The van der Waals surface area contributed by atoms with Crippen LogP contribution >= 0.6 is 0 Å². The summed E-state index contributed by atoms with van der Waals surface area (Å²) in [5, 5.41) is 5.58. The zero-order valence-electron chi connectivity index (χ0n) is 10.6. The Morgan fingerprint density at radius 1 is 1.28 bits per heavy atom. The fraction of sp³-hybridized carbons (Fsp3) is 0.900. The van der Waals surface area contributed by atoms with E-state index >= 15 is 0 Å². The lowest BCUT2D eigenvalue weighted by atomic mass is 10.2. The van der Waals surface area contributed by atoms with E-state index in [1.807, 2.05) is 0 Å². The van der Waals surface area contributed by atoms with Gasteiger partial charge in [0.2, 0.25) is 5.91 Å². The standard InChI is InChI=1S/C10H20N4O3S/c1-11-10(15)9-8-12-4-7-14(9)18(16,17)13-5-2-3-6-13/h9,12H,2-8H2,1H3,(H,11,15). The Hall–Kier alpha value is -0.700. The minimum Gasteiger partial charge on any atom is -0.358 e. The van der Waals surface area contributed by atoms with Crippen LogP contribution in [0, 0.1) is 0 Å². The number of nitrogens with zero attached hydrogens (tertiary/aromatic N) is 2. The number of piperazine rings is 1. The number of amides is 1. The van der Waals surface area contributed by atoms with Crippen molar-refractivity contribution in [2.24, 2.45) is 0 Å². The van der Waals surface area contributed by atoms with E-state index in [-0.39, 0.29) is 5.91 Å². The van der Waals surface area contributed by atoms with Gasteiger partial charge in [0.15, 0.2) is 0 Å². The van der Waals surface area contributed by atoms with Gasteiger partial charge in [-0.3, -0.25) is 4.79 Å². The predicted molar refractivity (Wildman–Crippen MR) is 67.2 cm³/mol.